The lowest BCUT2D eigenvalue weighted by Gasteiger charge is -2.20. The van der Waals surface area contributed by atoms with E-state index in [4.69, 9.17) is 0 Å². The van der Waals surface area contributed by atoms with Gasteiger partial charge >= 0.3 is 5.97 Å². The van der Waals surface area contributed by atoms with E-state index in [2.05, 4.69) is 36.8 Å². The molecule has 1 aromatic carbocycles. The molecule has 0 bridgehead atoms. The van der Waals surface area contributed by atoms with Crippen LogP contribution in [0.4, 0.5) is 0 Å². The first-order valence-electron chi connectivity index (χ1n) is 6.42. The van der Waals surface area contributed by atoms with E-state index >= 15 is 0 Å². The minimum Gasteiger partial charge on any atom is -0.469 e. The predicted molar refractivity (Wildman–Crippen MR) is 74.9 cm³/mol. The number of rotatable bonds is 6. The van der Waals surface area contributed by atoms with Crippen LogP contribution in [0.3, 0.4) is 0 Å². The van der Waals surface area contributed by atoms with E-state index in [0.29, 0.717) is 6.54 Å². The molecule has 0 amide bonds. The third kappa shape index (κ3) is 5.41. The summed E-state index contributed by atoms with van der Waals surface area (Å²) in [6, 6.07) is 6.34. The number of hydrogen-bond donors (Lipinski definition) is 1. The Morgan fingerprint density at radius 1 is 1.37 bits per heavy atom. The standard InChI is InChI=1S/C15H23NO3/c1-11-5-6-13(7-12(11)2)9-16(3)10-14(17)8-15(18)19-4/h5-7,14,17H,8-10H2,1-4H3. The van der Waals surface area contributed by atoms with E-state index in [-0.39, 0.29) is 12.4 Å². The zero-order chi connectivity index (χ0) is 14.4. The van der Waals surface area contributed by atoms with Gasteiger partial charge in [-0.25, -0.2) is 0 Å². The number of benzene rings is 1. The van der Waals surface area contributed by atoms with Gasteiger partial charge in [-0.1, -0.05) is 18.2 Å². The van der Waals surface area contributed by atoms with Crippen molar-refractivity contribution in [3.05, 3.63) is 34.9 Å². The molecule has 4 nitrogen and oxygen atoms in total. The molecule has 0 spiro atoms. The van der Waals surface area contributed by atoms with Crippen molar-refractivity contribution in [2.24, 2.45) is 0 Å². The Labute approximate surface area is 115 Å². The summed E-state index contributed by atoms with van der Waals surface area (Å²) in [6.45, 7) is 5.37. The molecule has 0 aliphatic carbocycles. The van der Waals surface area contributed by atoms with Crippen molar-refractivity contribution in [2.75, 3.05) is 20.7 Å². The molecule has 0 heterocycles. The molecule has 19 heavy (non-hydrogen) atoms. The third-order valence-electron chi connectivity index (χ3n) is 3.18. The Morgan fingerprint density at radius 3 is 2.63 bits per heavy atom. The molecule has 1 unspecified atom stereocenters. The molecule has 0 fully saturated rings. The van der Waals surface area contributed by atoms with Crippen LogP contribution < -0.4 is 0 Å². The highest BCUT2D eigenvalue weighted by molar-refractivity contribution is 5.69. The normalized spacial score (nSPS) is 12.5. The summed E-state index contributed by atoms with van der Waals surface area (Å²) in [6.07, 6.45) is -0.655. The van der Waals surface area contributed by atoms with Crippen LogP contribution in [-0.2, 0) is 16.1 Å². The van der Waals surface area contributed by atoms with Crippen LogP contribution in [0.5, 0.6) is 0 Å². The van der Waals surface area contributed by atoms with E-state index in [1.807, 2.05) is 11.9 Å². The molecule has 0 aliphatic heterocycles. The summed E-state index contributed by atoms with van der Waals surface area (Å²) in [4.78, 5) is 13.0. The van der Waals surface area contributed by atoms with Crippen LogP contribution in [-0.4, -0.2) is 42.8 Å². The van der Waals surface area contributed by atoms with Crippen molar-refractivity contribution < 1.29 is 14.6 Å². The minimum atomic E-state index is -0.691. The SMILES string of the molecule is COC(=O)CC(O)CN(C)Cc1ccc(C)c(C)c1. The Bertz CT molecular complexity index is 431. The lowest BCUT2D eigenvalue weighted by molar-refractivity contribution is -0.143. The zero-order valence-corrected chi connectivity index (χ0v) is 12.1. The largest absolute Gasteiger partial charge is 0.469 e. The third-order valence-corrected chi connectivity index (χ3v) is 3.18. The van der Waals surface area contributed by atoms with Gasteiger partial charge < -0.3 is 9.84 Å². The van der Waals surface area contributed by atoms with Gasteiger partial charge in [0.15, 0.2) is 0 Å². The van der Waals surface area contributed by atoms with Gasteiger partial charge in [0.2, 0.25) is 0 Å². The number of esters is 1. The smallest absolute Gasteiger partial charge is 0.308 e. The molecule has 0 aliphatic rings. The maximum Gasteiger partial charge on any atom is 0.308 e. The van der Waals surface area contributed by atoms with Gasteiger partial charge in [-0.05, 0) is 37.6 Å². The molecule has 106 valence electrons. The van der Waals surface area contributed by atoms with Crippen molar-refractivity contribution in [3.63, 3.8) is 0 Å². The Kier molecular flexibility index (Phi) is 5.99. The van der Waals surface area contributed by atoms with Crippen LogP contribution in [0, 0.1) is 13.8 Å². The fourth-order valence-corrected chi connectivity index (χ4v) is 1.98. The average Bonchev–Trinajstić information content (AvgIpc) is 2.33. The molecule has 1 N–H and O–H groups in total. The Hall–Kier alpha value is -1.39. The van der Waals surface area contributed by atoms with Gasteiger partial charge in [0, 0.05) is 13.1 Å². The van der Waals surface area contributed by atoms with Crippen LogP contribution in [0.2, 0.25) is 0 Å². The molecule has 4 heteroatoms. The number of likely N-dealkylation sites (N-methyl/N-ethyl adjacent to an activating group) is 1. The Balaban J connectivity index is 2.48. The molecule has 0 saturated heterocycles. The average molecular weight is 265 g/mol. The number of aliphatic hydroxyl groups is 1. The molecule has 0 radical (unpaired) electrons. The monoisotopic (exact) mass is 265 g/mol. The van der Waals surface area contributed by atoms with Gasteiger partial charge in [-0.3, -0.25) is 9.69 Å². The van der Waals surface area contributed by atoms with Gasteiger partial charge in [0.25, 0.3) is 0 Å². The summed E-state index contributed by atoms with van der Waals surface area (Å²) in [7, 11) is 3.25. The maximum atomic E-state index is 11.0. The lowest BCUT2D eigenvalue weighted by Crippen LogP contribution is -2.30. The van der Waals surface area contributed by atoms with E-state index in [0.717, 1.165) is 6.54 Å². The van der Waals surface area contributed by atoms with Crippen LogP contribution in [0.1, 0.15) is 23.1 Å². The quantitative estimate of drug-likeness (QED) is 0.795. The highest BCUT2D eigenvalue weighted by atomic mass is 16.5. The number of carbonyl (C=O) groups excluding carboxylic acids is 1. The van der Waals surface area contributed by atoms with Crippen molar-refractivity contribution in [3.8, 4) is 0 Å². The van der Waals surface area contributed by atoms with E-state index in [1.54, 1.807) is 0 Å². The van der Waals surface area contributed by atoms with Crippen LogP contribution in [0.15, 0.2) is 18.2 Å². The number of aryl methyl sites for hydroxylation is 2. The van der Waals surface area contributed by atoms with Crippen molar-refractivity contribution in [1.29, 1.82) is 0 Å². The van der Waals surface area contributed by atoms with Crippen molar-refractivity contribution in [1.82, 2.24) is 4.90 Å². The summed E-state index contributed by atoms with van der Waals surface area (Å²) in [5.41, 5.74) is 3.74. The highest BCUT2D eigenvalue weighted by Gasteiger charge is 2.13. The Morgan fingerprint density at radius 2 is 2.05 bits per heavy atom. The second-order valence-electron chi connectivity index (χ2n) is 5.05. The van der Waals surface area contributed by atoms with Crippen LogP contribution >= 0.6 is 0 Å². The van der Waals surface area contributed by atoms with Crippen LogP contribution in [0.25, 0.3) is 0 Å². The zero-order valence-electron chi connectivity index (χ0n) is 12.1. The molecule has 1 rings (SSSR count). The number of carbonyl (C=O) groups is 1. The van der Waals surface area contributed by atoms with Crippen molar-refractivity contribution in [2.45, 2.75) is 32.9 Å². The fraction of sp³-hybridized carbons (Fsp3) is 0.533. The second-order valence-corrected chi connectivity index (χ2v) is 5.05. The molecule has 0 aromatic heterocycles. The molecular weight excluding hydrogens is 242 g/mol. The summed E-state index contributed by atoms with van der Waals surface area (Å²) < 4.78 is 4.53. The highest BCUT2D eigenvalue weighted by Crippen LogP contribution is 2.11. The first-order valence-corrected chi connectivity index (χ1v) is 6.42. The van der Waals surface area contributed by atoms with Gasteiger partial charge in [0.1, 0.15) is 0 Å². The molecule has 0 saturated carbocycles. The lowest BCUT2D eigenvalue weighted by atomic mass is 10.1. The predicted octanol–water partition coefficient (Wildman–Crippen LogP) is 1.66. The molecule has 1 aromatic rings. The summed E-state index contributed by atoms with van der Waals surface area (Å²) in [5, 5.41) is 9.76. The van der Waals surface area contributed by atoms with Gasteiger partial charge in [0.05, 0.1) is 19.6 Å². The number of ether oxygens (including phenoxy) is 1. The number of nitrogens with zero attached hydrogens (tertiary/aromatic N) is 1. The number of aliphatic hydroxyl groups excluding tert-OH is 1. The minimum absolute atomic E-state index is 0.0355. The summed E-state index contributed by atoms with van der Waals surface area (Å²) >= 11 is 0. The molecule has 1 atom stereocenters. The second kappa shape index (κ2) is 7.26. The first-order chi connectivity index (χ1) is 8.92. The van der Waals surface area contributed by atoms with Crippen molar-refractivity contribution >= 4 is 5.97 Å². The first kappa shape index (κ1) is 15.7. The molecular formula is C15H23NO3. The van der Waals surface area contributed by atoms with E-state index < -0.39 is 6.10 Å². The van der Waals surface area contributed by atoms with E-state index in [9.17, 15) is 9.90 Å². The van der Waals surface area contributed by atoms with E-state index in [1.165, 1.54) is 23.8 Å². The summed E-state index contributed by atoms with van der Waals surface area (Å²) in [5.74, 6) is -0.382. The topological polar surface area (TPSA) is 49.8 Å². The van der Waals surface area contributed by atoms with Gasteiger partial charge in [-0.2, -0.15) is 0 Å². The number of hydrogen-bond acceptors (Lipinski definition) is 4. The van der Waals surface area contributed by atoms with Gasteiger partial charge in [-0.15, -0.1) is 0 Å². The maximum absolute atomic E-state index is 11.0. The fourth-order valence-electron chi connectivity index (χ4n) is 1.98. The number of methoxy groups -OCH3 is 1.